The molecule has 0 unspecified atom stereocenters. The lowest BCUT2D eigenvalue weighted by molar-refractivity contribution is -0.134. The Morgan fingerprint density at radius 3 is 1.33 bits per heavy atom. The molecule has 0 heterocycles. The van der Waals surface area contributed by atoms with E-state index >= 15 is 0 Å². The van der Waals surface area contributed by atoms with Gasteiger partial charge >= 0.3 is 0 Å². The minimum atomic E-state index is -0.380. The van der Waals surface area contributed by atoms with Crippen LogP contribution in [-0.4, -0.2) is 16.8 Å². The number of rotatable bonds is 1. The van der Waals surface area contributed by atoms with Gasteiger partial charge in [0.05, 0.1) is 0 Å². The molecule has 0 fully saturated rings. The second-order valence-electron chi connectivity index (χ2n) is 1.19. The lowest BCUT2D eigenvalue weighted by Gasteiger charge is -1.73. The first-order chi connectivity index (χ1) is 4.06. The number of nitrogens with zero attached hydrogens (tertiary/aromatic N) is 1. The fourth-order valence-electron chi connectivity index (χ4n) is 0. The maximum Gasteiger partial charge on any atom is 0.195 e. The number of hydrogen-bond donors (Lipinski definition) is 1. The molecule has 9 heavy (non-hydrogen) atoms. The molecule has 5 heteroatoms. The monoisotopic (exact) mass is 133 g/mol. The Labute approximate surface area is 51.6 Å². The zero-order chi connectivity index (χ0) is 7.86. The van der Waals surface area contributed by atoms with Gasteiger partial charge in [-0.1, -0.05) is 0 Å². The van der Waals surface area contributed by atoms with E-state index in [9.17, 15) is 9.59 Å². The molecule has 0 aromatic carbocycles. The van der Waals surface area contributed by atoms with Gasteiger partial charge in [0.1, 0.15) is 0 Å². The van der Waals surface area contributed by atoms with E-state index in [0.717, 1.165) is 0 Å². The van der Waals surface area contributed by atoms with E-state index in [1.807, 2.05) is 0 Å². The fraction of sp³-hybridized carbons (Fsp3) is 0.500. The van der Waals surface area contributed by atoms with Crippen molar-refractivity contribution >= 4 is 11.6 Å². The van der Waals surface area contributed by atoms with Crippen LogP contribution in [-0.2, 0) is 9.59 Å². The third kappa shape index (κ3) is 20.2. The Bertz CT molecular complexity index is 108. The molecule has 0 bridgehead atoms. The Morgan fingerprint density at radius 1 is 1.22 bits per heavy atom. The zero-order valence-corrected chi connectivity index (χ0v) is 5.12. The summed E-state index contributed by atoms with van der Waals surface area (Å²) in [6, 6.07) is 0. The average Bonchev–Trinajstić information content (AvgIpc) is 1.68. The number of carbonyl (C=O) groups excluding carboxylic acids is 2. The quantitative estimate of drug-likeness (QED) is 0.317. The molecule has 0 aliphatic rings. The predicted molar refractivity (Wildman–Crippen MR) is 28.9 cm³/mol. The number of ketones is 2. The van der Waals surface area contributed by atoms with Crippen molar-refractivity contribution in [3.05, 3.63) is 4.91 Å². The highest BCUT2D eigenvalue weighted by molar-refractivity contribution is 6.35. The summed E-state index contributed by atoms with van der Waals surface area (Å²) < 4.78 is 0. The van der Waals surface area contributed by atoms with E-state index < -0.39 is 0 Å². The van der Waals surface area contributed by atoms with Gasteiger partial charge in [0.2, 0.25) is 0 Å². The van der Waals surface area contributed by atoms with Gasteiger partial charge in [0.15, 0.2) is 16.9 Å². The van der Waals surface area contributed by atoms with Gasteiger partial charge in [-0.3, -0.25) is 9.59 Å². The van der Waals surface area contributed by atoms with Gasteiger partial charge in [0.25, 0.3) is 0 Å². The largest absolute Gasteiger partial charge is 0.379 e. The minimum absolute atomic E-state index is 0.380. The van der Waals surface area contributed by atoms with Gasteiger partial charge in [0, 0.05) is 13.8 Å². The van der Waals surface area contributed by atoms with E-state index in [-0.39, 0.29) is 11.6 Å². The van der Waals surface area contributed by atoms with Gasteiger partial charge < -0.3 is 5.21 Å². The standard InChI is InChI=1S/C4H6O2.HNO2/c1-3(5)4(2)6;2-1-3/h1-2H3;(H,2,3). The lowest BCUT2D eigenvalue weighted by Crippen LogP contribution is -2.01. The van der Waals surface area contributed by atoms with E-state index in [1.165, 1.54) is 19.2 Å². The van der Waals surface area contributed by atoms with Crippen LogP contribution < -0.4 is 0 Å². The maximum absolute atomic E-state index is 9.79. The molecule has 0 aromatic rings. The zero-order valence-electron chi connectivity index (χ0n) is 5.12. The Balaban J connectivity index is 0. The van der Waals surface area contributed by atoms with Crippen LogP contribution in [0.2, 0.25) is 0 Å². The Morgan fingerprint density at radius 2 is 1.33 bits per heavy atom. The summed E-state index contributed by atoms with van der Waals surface area (Å²) in [5.41, 5.74) is 0. The van der Waals surface area contributed by atoms with Crippen molar-refractivity contribution in [1.82, 2.24) is 0 Å². The van der Waals surface area contributed by atoms with E-state index in [1.54, 1.807) is 0 Å². The highest BCUT2D eigenvalue weighted by Gasteiger charge is 1.94. The van der Waals surface area contributed by atoms with Gasteiger partial charge in [-0.15, -0.1) is 4.91 Å². The van der Waals surface area contributed by atoms with Gasteiger partial charge in [-0.2, -0.15) is 0 Å². The summed E-state index contributed by atoms with van der Waals surface area (Å²) in [6.07, 6.45) is 0. The van der Waals surface area contributed by atoms with E-state index in [4.69, 9.17) is 10.1 Å². The summed E-state index contributed by atoms with van der Waals surface area (Å²) in [5.74, 6) is -0.759. The number of Topliss-reactive ketones (excluding diaryl/α,β-unsaturated/α-hetero) is 2. The maximum atomic E-state index is 9.79. The molecule has 0 saturated heterocycles. The average molecular weight is 133 g/mol. The first-order valence-electron chi connectivity index (χ1n) is 2.04. The summed E-state index contributed by atoms with van der Waals surface area (Å²) >= 11 is 0. The number of hydrogen-bond acceptors (Lipinski definition) is 4. The molecule has 0 spiro atoms. The van der Waals surface area contributed by atoms with Crippen molar-refractivity contribution in [2.45, 2.75) is 13.8 Å². The topological polar surface area (TPSA) is 83.8 Å². The van der Waals surface area contributed by atoms with Crippen molar-refractivity contribution in [2.24, 2.45) is 5.34 Å². The molecule has 0 radical (unpaired) electrons. The predicted octanol–water partition coefficient (Wildman–Crippen LogP) is 0.306. The van der Waals surface area contributed by atoms with Crippen LogP contribution in [0, 0.1) is 4.91 Å². The Hall–Kier alpha value is -1.26. The highest BCUT2D eigenvalue weighted by Crippen LogP contribution is 1.66. The van der Waals surface area contributed by atoms with Crippen molar-refractivity contribution in [3.8, 4) is 0 Å². The first kappa shape index (κ1) is 10.7. The molecule has 0 amide bonds. The van der Waals surface area contributed by atoms with Crippen LogP contribution in [0.25, 0.3) is 0 Å². The van der Waals surface area contributed by atoms with Gasteiger partial charge in [-0.25, -0.2) is 0 Å². The highest BCUT2D eigenvalue weighted by atomic mass is 16.6. The fourth-order valence-corrected chi connectivity index (χ4v) is 0. The van der Waals surface area contributed by atoms with Crippen molar-refractivity contribution in [1.29, 1.82) is 0 Å². The molecule has 0 atom stereocenters. The van der Waals surface area contributed by atoms with Crippen molar-refractivity contribution in [2.75, 3.05) is 0 Å². The molecular weight excluding hydrogens is 126 g/mol. The SMILES string of the molecule is CC(=O)C(C)=O.O=NO. The minimum Gasteiger partial charge on any atom is -0.379 e. The first-order valence-corrected chi connectivity index (χ1v) is 2.04. The summed E-state index contributed by atoms with van der Waals surface area (Å²) in [4.78, 5) is 27.7. The molecule has 0 aromatic heterocycles. The molecule has 5 nitrogen and oxygen atoms in total. The van der Waals surface area contributed by atoms with Crippen LogP contribution in [0.3, 0.4) is 0 Å². The van der Waals surface area contributed by atoms with Crippen LogP contribution in [0.5, 0.6) is 0 Å². The van der Waals surface area contributed by atoms with Gasteiger partial charge in [-0.05, 0) is 0 Å². The van der Waals surface area contributed by atoms with Crippen LogP contribution in [0.4, 0.5) is 0 Å². The molecule has 0 rings (SSSR count). The third-order valence-corrected chi connectivity index (χ3v) is 0.496. The molecular formula is C4H7NO4. The van der Waals surface area contributed by atoms with Crippen LogP contribution >= 0.6 is 0 Å². The molecule has 1 N–H and O–H groups in total. The Kier molecular flexibility index (Phi) is 7.99. The normalized spacial score (nSPS) is 6.44. The third-order valence-electron chi connectivity index (χ3n) is 0.496. The summed E-state index contributed by atoms with van der Waals surface area (Å²) in [5, 5.41) is 7.89. The summed E-state index contributed by atoms with van der Waals surface area (Å²) in [6.45, 7) is 2.50. The lowest BCUT2D eigenvalue weighted by atomic mass is 10.3. The smallest absolute Gasteiger partial charge is 0.195 e. The van der Waals surface area contributed by atoms with Crippen molar-refractivity contribution in [3.63, 3.8) is 0 Å². The van der Waals surface area contributed by atoms with E-state index in [2.05, 4.69) is 0 Å². The molecule has 52 valence electrons. The molecule has 0 aliphatic carbocycles. The summed E-state index contributed by atoms with van der Waals surface area (Å²) in [7, 11) is 0. The second kappa shape index (κ2) is 6.74. The van der Waals surface area contributed by atoms with Crippen molar-refractivity contribution < 1.29 is 14.8 Å². The second-order valence-corrected chi connectivity index (χ2v) is 1.19. The molecule has 0 aliphatic heterocycles. The van der Waals surface area contributed by atoms with Crippen LogP contribution in [0.15, 0.2) is 5.34 Å². The van der Waals surface area contributed by atoms with Crippen LogP contribution in [0.1, 0.15) is 13.8 Å². The molecule has 0 saturated carbocycles. The number of carbonyl (C=O) groups is 2. The van der Waals surface area contributed by atoms with E-state index in [0.29, 0.717) is 0 Å².